The van der Waals surface area contributed by atoms with Crippen molar-refractivity contribution in [3.05, 3.63) is 24.3 Å². The highest BCUT2D eigenvalue weighted by Gasteiger charge is 2.62. The molecule has 7 heteroatoms. The number of hydrogen-bond acceptors (Lipinski definition) is 2. The molecule has 1 fully saturated rings. The van der Waals surface area contributed by atoms with Gasteiger partial charge in [0.2, 0.25) is 0 Å². The third-order valence-corrected chi connectivity index (χ3v) is 3.77. The predicted molar refractivity (Wildman–Crippen MR) is 42.7 cm³/mol. The first-order valence-electron chi connectivity index (χ1n) is 3.80. The van der Waals surface area contributed by atoms with Crippen molar-refractivity contribution in [1.29, 1.82) is 0 Å². The Hall–Kier alpha value is -0.820. The molecule has 0 aromatic rings. The third kappa shape index (κ3) is 1.19. The summed E-state index contributed by atoms with van der Waals surface area (Å²) in [5.74, 6) is 0. The van der Waals surface area contributed by atoms with Gasteiger partial charge in [-0.3, -0.25) is 0 Å². The van der Waals surface area contributed by atoms with Crippen LogP contribution in [0.3, 0.4) is 0 Å². The lowest BCUT2D eigenvalue weighted by Gasteiger charge is -2.08. The lowest BCUT2D eigenvalue weighted by Crippen LogP contribution is -2.31. The number of fused-ring (bicyclic) bond motifs is 1. The molecule has 3 atom stereocenters. The molecule has 1 heterocycles. The summed E-state index contributed by atoms with van der Waals surface area (Å²) in [6.07, 6.45) is 5.95. The van der Waals surface area contributed by atoms with E-state index in [1.54, 1.807) is 0 Å². The van der Waals surface area contributed by atoms with E-state index in [0.29, 0.717) is 4.31 Å². The van der Waals surface area contributed by atoms with E-state index in [0.717, 1.165) is 0 Å². The Balaban J connectivity index is 2.29. The monoisotopic (exact) mass is 225 g/mol. The number of nitrogens with zero attached hydrogens (tertiary/aromatic N) is 1. The SMILES string of the molecule is O=S(=O)(N1[C@@H]2C=CC=C[C@@H]21)C(F)(F)F. The minimum atomic E-state index is -5.20. The van der Waals surface area contributed by atoms with Gasteiger partial charge in [-0.05, 0) is 0 Å². The van der Waals surface area contributed by atoms with E-state index in [1.807, 2.05) is 0 Å². The Labute approximate surface area is 78.6 Å². The molecule has 2 rings (SSSR count). The summed E-state index contributed by atoms with van der Waals surface area (Å²) in [5, 5.41) is 0. The summed E-state index contributed by atoms with van der Waals surface area (Å²) in [6.45, 7) is 0. The molecule has 3 nitrogen and oxygen atoms in total. The lowest BCUT2D eigenvalue weighted by molar-refractivity contribution is -0.0467. The van der Waals surface area contributed by atoms with Gasteiger partial charge in [0.05, 0.1) is 12.1 Å². The van der Waals surface area contributed by atoms with Gasteiger partial charge in [0.25, 0.3) is 0 Å². The maximum atomic E-state index is 12.1. The number of sulfonamides is 1. The highest BCUT2D eigenvalue weighted by atomic mass is 32.2. The molecule has 78 valence electrons. The van der Waals surface area contributed by atoms with Crippen LogP contribution in [0.25, 0.3) is 0 Å². The van der Waals surface area contributed by atoms with Crippen LogP contribution >= 0.6 is 0 Å². The summed E-state index contributed by atoms with van der Waals surface area (Å²) in [5.41, 5.74) is -5.20. The van der Waals surface area contributed by atoms with E-state index in [9.17, 15) is 21.6 Å². The molecule has 1 saturated heterocycles. The van der Waals surface area contributed by atoms with Crippen LogP contribution in [0.15, 0.2) is 24.3 Å². The van der Waals surface area contributed by atoms with Crippen molar-refractivity contribution in [2.24, 2.45) is 0 Å². The second-order valence-corrected chi connectivity index (χ2v) is 4.87. The fourth-order valence-electron chi connectivity index (χ4n) is 1.44. The molecule has 14 heavy (non-hydrogen) atoms. The third-order valence-electron chi connectivity index (χ3n) is 2.15. The summed E-state index contributed by atoms with van der Waals surface area (Å²) < 4.78 is 58.5. The van der Waals surface area contributed by atoms with Gasteiger partial charge in [-0.1, -0.05) is 24.3 Å². The highest BCUT2D eigenvalue weighted by Crippen LogP contribution is 2.42. The van der Waals surface area contributed by atoms with Crippen LogP contribution < -0.4 is 0 Å². The molecule has 0 amide bonds. The number of alkyl halides is 3. The quantitative estimate of drug-likeness (QED) is 0.625. The van der Waals surface area contributed by atoms with Crippen LogP contribution in [0.5, 0.6) is 0 Å². The van der Waals surface area contributed by atoms with Gasteiger partial charge in [-0.25, -0.2) is 8.42 Å². The molecular weight excluding hydrogens is 219 g/mol. The van der Waals surface area contributed by atoms with E-state index in [4.69, 9.17) is 0 Å². The van der Waals surface area contributed by atoms with Gasteiger partial charge in [0, 0.05) is 0 Å². The predicted octanol–water partition coefficient (Wildman–Crippen LogP) is 1.01. The Morgan fingerprint density at radius 1 is 1.07 bits per heavy atom. The molecule has 1 unspecified atom stereocenters. The van der Waals surface area contributed by atoms with Crippen LogP contribution in [0.1, 0.15) is 0 Å². The first kappa shape index (κ1) is 9.72. The van der Waals surface area contributed by atoms with Gasteiger partial charge in [0.1, 0.15) is 0 Å². The molecule has 0 spiro atoms. The molecule has 0 saturated carbocycles. The average Bonchev–Trinajstić information content (AvgIpc) is 2.75. The van der Waals surface area contributed by atoms with Crippen molar-refractivity contribution < 1.29 is 21.6 Å². The molecular formula is C7H6F3NO2S. The highest BCUT2D eigenvalue weighted by molar-refractivity contribution is 7.90. The van der Waals surface area contributed by atoms with E-state index < -0.39 is 27.6 Å². The molecule has 1 aliphatic heterocycles. The molecule has 0 radical (unpaired) electrons. The molecule has 2 aliphatic rings. The zero-order chi connectivity index (χ0) is 10.6. The molecule has 0 aromatic carbocycles. The van der Waals surface area contributed by atoms with Crippen LogP contribution in [0.2, 0.25) is 0 Å². The van der Waals surface area contributed by atoms with E-state index in [1.165, 1.54) is 24.3 Å². The zero-order valence-corrected chi connectivity index (χ0v) is 7.59. The largest absolute Gasteiger partial charge is 0.511 e. The van der Waals surface area contributed by atoms with Crippen molar-refractivity contribution in [2.75, 3.05) is 0 Å². The summed E-state index contributed by atoms with van der Waals surface area (Å²) in [6, 6.07) is -1.29. The van der Waals surface area contributed by atoms with Crippen molar-refractivity contribution in [1.82, 2.24) is 4.31 Å². The molecule has 0 bridgehead atoms. The number of allylic oxidation sites excluding steroid dienone is 2. The minimum absolute atomic E-state index is 0.451. The van der Waals surface area contributed by atoms with Crippen molar-refractivity contribution in [2.45, 2.75) is 17.6 Å². The van der Waals surface area contributed by atoms with Gasteiger partial charge >= 0.3 is 15.5 Å². The molecule has 0 N–H and O–H groups in total. The number of halogens is 3. The summed E-state index contributed by atoms with van der Waals surface area (Å²) in [7, 11) is -5.15. The number of hydrogen-bond donors (Lipinski definition) is 0. The van der Waals surface area contributed by atoms with E-state index in [2.05, 4.69) is 0 Å². The van der Waals surface area contributed by atoms with E-state index in [-0.39, 0.29) is 0 Å². The molecule has 1 aliphatic carbocycles. The van der Waals surface area contributed by atoms with Crippen molar-refractivity contribution in [3.8, 4) is 0 Å². The maximum Gasteiger partial charge on any atom is 0.511 e. The Bertz CT molecular complexity index is 391. The standard InChI is InChI=1S/C7H6F3NO2S/c8-7(9,10)14(12,13)11-5-3-1-2-4-6(5)11/h1-6H/t5-,6+,11?. The van der Waals surface area contributed by atoms with Crippen LogP contribution in [-0.4, -0.2) is 30.3 Å². The fourth-order valence-corrected chi connectivity index (χ4v) is 2.66. The van der Waals surface area contributed by atoms with Crippen molar-refractivity contribution >= 4 is 10.0 Å². The van der Waals surface area contributed by atoms with E-state index >= 15 is 0 Å². The summed E-state index contributed by atoms with van der Waals surface area (Å²) >= 11 is 0. The van der Waals surface area contributed by atoms with Gasteiger partial charge in [-0.15, -0.1) is 0 Å². The average molecular weight is 225 g/mol. The Kier molecular flexibility index (Phi) is 1.81. The minimum Gasteiger partial charge on any atom is -0.203 e. The molecule has 0 aromatic heterocycles. The number of rotatable bonds is 1. The van der Waals surface area contributed by atoms with Crippen LogP contribution in [0, 0.1) is 0 Å². The maximum absolute atomic E-state index is 12.1. The zero-order valence-electron chi connectivity index (χ0n) is 6.77. The fraction of sp³-hybridized carbons (Fsp3) is 0.429. The lowest BCUT2D eigenvalue weighted by atomic mass is 10.2. The Morgan fingerprint density at radius 2 is 1.50 bits per heavy atom. The van der Waals surface area contributed by atoms with Crippen molar-refractivity contribution in [3.63, 3.8) is 0 Å². The van der Waals surface area contributed by atoms with Gasteiger partial charge in [0.15, 0.2) is 0 Å². The smallest absolute Gasteiger partial charge is 0.203 e. The second kappa shape index (κ2) is 2.60. The summed E-state index contributed by atoms with van der Waals surface area (Å²) in [4.78, 5) is 0. The van der Waals surface area contributed by atoms with Crippen LogP contribution in [0.4, 0.5) is 13.2 Å². The normalized spacial score (nSPS) is 35.5. The van der Waals surface area contributed by atoms with Gasteiger partial charge in [-0.2, -0.15) is 17.5 Å². The second-order valence-electron chi connectivity index (χ2n) is 3.03. The van der Waals surface area contributed by atoms with Gasteiger partial charge < -0.3 is 0 Å². The van der Waals surface area contributed by atoms with Crippen LogP contribution in [-0.2, 0) is 10.0 Å². The first-order valence-corrected chi connectivity index (χ1v) is 5.24. The Morgan fingerprint density at radius 3 is 1.86 bits per heavy atom. The topological polar surface area (TPSA) is 37.1 Å². The first-order chi connectivity index (χ1) is 6.36.